The van der Waals surface area contributed by atoms with Crippen molar-refractivity contribution >= 4 is 11.6 Å². The van der Waals surface area contributed by atoms with E-state index in [-0.39, 0.29) is 6.61 Å². The maximum absolute atomic E-state index is 9.13. The average Bonchev–Trinajstić information content (AvgIpc) is 2.71. The van der Waals surface area contributed by atoms with E-state index in [1.165, 1.54) is 0 Å². The standard InChI is InChI=1S/C12H14ClN3O/c1-2-16-11(14-15-12(16)8-17)7-9-4-3-5-10(13)6-9/h3-6,17H,2,7-8H2,1H3. The molecule has 4 nitrogen and oxygen atoms in total. The third-order valence-electron chi connectivity index (χ3n) is 2.61. The molecule has 0 fully saturated rings. The van der Waals surface area contributed by atoms with Crippen molar-refractivity contribution in [3.63, 3.8) is 0 Å². The Labute approximate surface area is 105 Å². The first kappa shape index (κ1) is 12.1. The Balaban J connectivity index is 2.27. The van der Waals surface area contributed by atoms with Gasteiger partial charge in [0.2, 0.25) is 0 Å². The molecule has 90 valence electrons. The van der Waals surface area contributed by atoms with Crippen molar-refractivity contribution in [1.82, 2.24) is 14.8 Å². The normalized spacial score (nSPS) is 10.8. The molecular weight excluding hydrogens is 238 g/mol. The van der Waals surface area contributed by atoms with Crippen LogP contribution in [0.5, 0.6) is 0 Å². The largest absolute Gasteiger partial charge is 0.388 e. The van der Waals surface area contributed by atoms with Crippen LogP contribution in [0.3, 0.4) is 0 Å². The summed E-state index contributed by atoms with van der Waals surface area (Å²) in [7, 11) is 0. The first-order chi connectivity index (χ1) is 8.24. The lowest BCUT2D eigenvalue weighted by molar-refractivity contribution is 0.264. The number of hydrogen-bond donors (Lipinski definition) is 1. The van der Waals surface area contributed by atoms with Gasteiger partial charge in [-0.15, -0.1) is 10.2 Å². The molecule has 0 aliphatic rings. The van der Waals surface area contributed by atoms with Gasteiger partial charge in [-0.1, -0.05) is 23.7 Å². The summed E-state index contributed by atoms with van der Waals surface area (Å²) in [5.74, 6) is 1.45. The van der Waals surface area contributed by atoms with E-state index in [0.717, 1.165) is 17.9 Å². The molecule has 2 rings (SSSR count). The van der Waals surface area contributed by atoms with Crippen LogP contribution in [0.15, 0.2) is 24.3 Å². The van der Waals surface area contributed by atoms with Crippen molar-refractivity contribution in [1.29, 1.82) is 0 Å². The average molecular weight is 252 g/mol. The Hall–Kier alpha value is -1.39. The fraction of sp³-hybridized carbons (Fsp3) is 0.333. The van der Waals surface area contributed by atoms with Crippen LogP contribution in [0.25, 0.3) is 0 Å². The van der Waals surface area contributed by atoms with Gasteiger partial charge in [0.15, 0.2) is 5.82 Å². The maximum Gasteiger partial charge on any atom is 0.158 e. The molecule has 1 N–H and O–H groups in total. The third-order valence-corrected chi connectivity index (χ3v) is 2.85. The summed E-state index contributed by atoms with van der Waals surface area (Å²) in [6.07, 6.45) is 0.668. The number of nitrogens with zero attached hydrogens (tertiary/aromatic N) is 3. The molecule has 5 heteroatoms. The smallest absolute Gasteiger partial charge is 0.158 e. The maximum atomic E-state index is 9.13. The molecule has 0 saturated heterocycles. The highest BCUT2D eigenvalue weighted by Crippen LogP contribution is 2.14. The fourth-order valence-electron chi connectivity index (χ4n) is 1.81. The Morgan fingerprint density at radius 3 is 2.71 bits per heavy atom. The molecule has 0 saturated carbocycles. The van der Waals surface area contributed by atoms with Gasteiger partial charge in [-0.25, -0.2) is 0 Å². The molecule has 0 radical (unpaired) electrons. The summed E-state index contributed by atoms with van der Waals surface area (Å²) in [5.41, 5.74) is 1.09. The summed E-state index contributed by atoms with van der Waals surface area (Å²) >= 11 is 5.93. The predicted octanol–water partition coefficient (Wildman–Crippen LogP) is 2.03. The van der Waals surface area contributed by atoms with Gasteiger partial charge in [-0.3, -0.25) is 0 Å². The van der Waals surface area contributed by atoms with Gasteiger partial charge >= 0.3 is 0 Å². The molecule has 0 aliphatic carbocycles. The first-order valence-electron chi connectivity index (χ1n) is 5.50. The Morgan fingerprint density at radius 2 is 2.06 bits per heavy atom. The van der Waals surface area contributed by atoms with Crippen LogP contribution in [0, 0.1) is 0 Å². The Kier molecular flexibility index (Phi) is 3.76. The topological polar surface area (TPSA) is 50.9 Å². The fourth-order valence-corrected chi connectivity index (χ4v) is 2.03. The number of rotatable bonds is 4. The zero-order valence-corrected chi connectivity index (χ0v) is 10.4. The van der Waals surface area contributed by atoms with Crippen molar-refractivity contribution in [2.45, 2.75) is 26.5 Å². The number of hydrogen-bond acceptors (Lipinski definition) is 3. The minimum atomic E-state index is -0.0869. The zero-order chi connectivity index (χ0) is 12.3. The molecule has 0 spiro atoms. The van der Waals surface area contributed by atoms with Crippen LogP contribution >= 0.6 is 11.6 Å². The molecule has 17 heavy (non-hydrogen) atoms. The minimum Gasteiger partial charge on any atom is -0.388 e. The predicted molar refractivity (Wildman–Crippen MR) is 65.9 cm³/mol. The monoisotopic (exact) mass is 251 g/mol. The Bertz CT molecular complexity index is 510. The quantitative estimate of drug-likeness (QED) is 0.905. The number of benzene rings is 1. The summed E-state index contributed by atoms with van der Waals surface area (Å²) in [6, 6.07) is 7.67. The van der Waals surface area contributed by atoms with Crippen LogP contribution in [-0.4, -0.2) is 19.9 Å². The lowest BCUT2D eigenvalue weighted by atomic mass is 10.1. The summed E-state index contributed by atoms with van der Waals surface area (Å²) in [5, 5.41) is 17.9. The van der Waals surface area contributed by atoms with Crippen molar-refractivity contribution in [2.75, 3.05) is 0 Å². The molecule has 1 heterocycles. The molecular formula is C12H14ClN3O. The molecule has 0 atom stereocenters. The van der Waals surface area contributed by atoms with Crippen LogP contribution in [-0.2, 0) is 19.6 Å². The van der Waals surface area contributed by atoms with Gasteiger partial charge in [0, 0.05) is 18.0 Å². The van der Waals surface area contributed by atoms with Crippen LogP contribution in [0.2, 0.25) is 5.02 Å². The van der Waals surface area contributed by atoms with E-state index in [0.29, 0.717) is 17.3 Å². The highest BCUT2D eigenvalue weighted by molar-refractivity contribution is 6.30. The van der Waals surface area contributed by atoms with Crippen LogP contribution < -0.4 is 0 Å². The zero-order valence-electron chi connectivity index (χ0n) is 9.60. The Morgan fingerprint density at radius 1 is 1.29 bits per heavy atom. The van der Waals surface area contributed by atoms with E-state index < -0.39 is 0 Å². The van der Waals surface area contributed by atoms with Gasteiger partial charge in [-0.2, -0.15) is 0 Å². The third kappa shape index (κ3) is 2.65. The second-order valence-electron chi connectivity index (χ2n) is 3.74. The molecule has 1 aromatic carbocycles. The van der Waals surface area contributed by atoms with E-state index in [1.807, 2.05) is 35.8 Å². The second-order valence-corrected chi connectivity index (χ2v) is 4.18. The van der Waals surface area contributed by atoms with Gasteiger partial charge in [-0.05, 0) is 24.6 Å². The highest BCUT2D eigenvalue weighted by Gasteiger charge is 2.10. The van der Waals surface area contributed by atoms with E-state index in [4.69, 9.17) is 16.7 Å². The molecule has 2 aromatic rings. The molecule has 0 unspecified atom stereocenters. The van der Waals surface area contributed by atoms with E-state index in [9.17, 15) is 0 Å². The lowest BCUT2D eigenvalue weighted by Gasteiger charge is -2.06. The van der Waals surface area contributed by atoms with Gasteiger partial charge in [0.25, 0.3) is 0 Å². The van der Waals surface area contributed by atoms with Crippen LogP contribution in [0.4, 0.5) is 0 Å². The van der Waals surface area contributed by atoms with Gasteiger partial charge in [0.1, 0.15) is 12.4 Å². The first-order valence-corrected chi connectivity index (χ1v) is 5.88. The molecule has 1 aromatic heterocycles. The van der Waals surface area contributed by atoms with Crippen molar-refractivity contribution in [3.8, 4) is 0 Å². The second kappa shape index (κ2) is 5.29. The molecule has 0 aliphatic heterocycles. The SMILES string of the molecule is CCn1c(CO)nnc1Cc1cccc(Cl)c1. The number of halogens is 1. The van der Waals surface area contributed by atoms with Crippen LogP contribution in [0.1, 0.15) is 24.1 Å². The summed E-state index contributed by atoms with van der Waals surface area (Å²) in [6.45, 7) is 2.67. The van der Waals surface area contributed by atoms with Crippen molar-refractivity contribution in [2.24, 2.45) is 0 Å². The number of aliphatic hydroxyl groups is 1. The van der Waals surface area contributed by atoms with E-state index in [2.05, 4.69) is 10.2 Å². The van der Waals surface area contributed by atoms with E-state index >= 15 is 0 Å². The van der Waals surface area contributed by atoms with Crippen molar-refractivity contribution in [3.05, 3.63) is 46.5 Å². The van der Waals surface area contributed by atoms with E-state index in [1.54, 1.807) is 0 Å². The summed E-state index contributed by atoms with van der Waals surface area (Å²) < 4.78 is 1.92. The van der Waals surface area contributed by atoms with Crippen molar-refractivity contribution < 1.29 is 5.11 Å². The highest BCUT2D eigenvalue weighted by atomic mass is 35.5. The number of aliphatic hydroxyl groups excluding tert-OH is 1. The number of aromatic nitrogens is 3. The lowest BCUT2D eigenvalue weighted by Crippen LogP contribution is -2.06. The van der Waals surface area contributed by atoms with Gasteiger partial charge < -0.3 is 9.67 Å². The molecule has 0 amide bonds. The molecule has 0 bridgehead atoms. The minimum absolute atomic E-state index is 0.0869. The summed E-state index contributed by atoms with van der Waals surface area (Å²) in [4.78, 5) is 0. The van der Waals surface area contributed by atoms with Gasteiger partial charge in [0.05, 0.1) is 0 Å².